The molecule has 9 nitrogen and oxygen atoms in total. The summed E-state index contributed by atoms with van der Waals surface area (Å²) in [5.41, 5.74) is 1.86. The molecule has 2 amide bonds. The molecule has 3 aromatic rings. The van der Waals surface area contributed by atoms with Crippen molar-refractivity contribution in [3.63, 3.8) is 0 Å². The smallest absolute Gasteiger partial charge is 0.264 e. The zero-order chi connectivity index (χ0) is 29.3. The molecule has 0 radical (unpaired) electrons. The normalized spacial score (nSPS) is 11.8. The summed E-state index contributed by atoms with van der Waals surface area (Å²) >= 11 is 0. The summed E-state index contributed by atoms with van der Waals surface area (Å²) in [5, 5.41) is 2.62. The molecule has 0 aliphatic rings. The summed E-state index contributed by atoms with van der Waals surface area (Å²) in [6, 6.07) is 19.5. The first-order valence-corrected chi connectivity index (χ1v) is 14.5. The van der Waals surface area contributed by atoms with Crippen molar-refractivity contribution in [1.29, 1.82) is 0 Å². The zero-order valence-electron chi connectivity index (χ0n) is 23.6. The maximum atomic E-state index is 14.1. The van der Waals surface area contributed by atoms with E-state index in [2.05, 4.69) is 5.32 Å². The van der Waals surface area contributed by atoms with Crippen molar-refractivity contribution >= 4 is 27.5 Å². The second kappa shape index (κ2) is 13.8. The van der Waals surface area contributed by atoms with Crippen LogP contribution in [0.25, 0.3) is 0 Å². The molecular formula is C30H37N3O6S. The molecule has 0 aromatic heterocycles. The fourth-order valence-corrected chi connectivity index (χ4v) is 5.77. The van der Waals surface area contributed by atoms with E-state index in [0.717, 1.165) is 15.4 Å². The number of likely N-dealkylation sites (N-methyl/N-ethyl adjacent to an activating group) is 1. The van der Waals surface area contributed by atoms with Crippen LogP contribution in [0.4, 0.5) is 5.69 Å². The van der Waals surface area contributed by atoms with Gasteiger partial charge in [-0.25, -0.2) is 8.42 Å². The number of sulfonamides is 1. The SMILES string of the molecule is CCOc1ccccc1N(CC(=O)N(Cc1cccc(OC)c1)[C@@H](CC)C(=O)NC)S(=O)(=O)c1ccc(C)cc1. The number of ether oxygens (including phenoxy) is 2. The maximum absolute atomic E-state index is 14.1. The van der Waals surface area contributed by atoms with Crippen LogP contribution in [0.3, 0.4) is 0 Å². The van der Waals surface area contributed by atoms with Crippen LogP contribution in [0.5, 0.6) is 11.5 Å². The molecule has 1 atom stereocenters. The molecule has 0 heterocycles. The summed E-state index contributed by atoms with van der Waals surface area (Å²) in [4.78, 5) is 28.4. The first-order chi connectivity index (χ1) is 19.2. The largest absolute Gasteiger partial charge is 0.497 e. The Kier molecular flexibility index (Phi) is 10.6. The van der Waals surface area contributed by atoms with E-state index in [-0.39, 0.29) is 23.0 Å². The highest BCUT2D eigenvalue weighted by Crippen LogP contribution is 2.33. The van der Waals surface area contributed by atoms with Gasteiger partial charge in [-0.05, 0) is 62.2 Å². The van der Waals surface area contributed by atoms with Crippen molar-refractivity contribution in [3.8, 4) is 11.5 Å². The number of aryl methyl sites for hydroxylation is 1. The number of carbonyl (C=O) groups excluding carboxylic acids is 2. The Morgan fingerprint density at radius 2 is 1.68 bits per heavy atom. The third-order valence-electron chi connectivity index (χ3n) is 6.44. The Balaban J connectivity index is 2.11. The summed E-state index contributed by atoms with van der Waals surface area (Å²) in [7, 11) is -1.14. The lowest BCUT2D eigenvalue weighted by atomic mass is 10.1. The quantitative estimate of drug-likeness (QED) is 0.333. The Morgan fingerprint density at radius 3 is 2.30 bits per heavy atom. The molecule has 0 saturated heterocycles. The Labute approximate surface area is 236 Å². The lowest BCUT2D eigenvalue weighted by molar-refractivity contribution is -0.140. The van der Waals surface area contributed by atoms with Crippen LogP contribution < -0.4 is 19.1 Å². The van der Waals surface area contributed by atoms with Gasteiger partial charge in [-0.2, -0.15) is 0 Å². The first kappa shape index (κ1) is 30.5. The number of methoxy groups -OCH3 is 1. The molecule has 0 aliphatic heterocycles. The standard InChI is InChI=1S/C30H37N3O6S/c1-6-26(30(35)31-4)32(20-23-11-10-12-24(19-23)38-5)29(34)21-33(27-13-8-9-14-28(27)39-7-2)40(36,37)25-17-15-22(3)16-18-25/h8-19,26H,6-7,20-21H2,1-5H3,(H,31,35)/t26-/m0/s1. The predicted molar refractivity (Wildman–Crippen MR) is 155 cm³/mol. The Hall–Kier alpha value is -4.05. The summed E-state index contributed by atoms with van der Waals surface area (Å²) in [6.45, 7) is 5.30. The lowest BCUT2D eigenvalue weighted by Gasteiger charge is -2.33. The van der Waals surface area contributed by atoms with E-state index in [4.69, 9.17) is 9.47 Å². The van der Waals surface area contributed by atoms with Crippen LogP contribution in [-0.4, -0.2) is 58.5 Å². The van der Waals surface area contributed by atoms with Crippen molar-refractivity contribution < 1.29 is 27.5 Å². The third kappa shape index (κ3) is 7.12. The van der Waals surface area contributed by atoms with Gasteiger partial charge in [-0.15, -0.1) is 0 Å². The minimum absolute atomic E-state index is 0.0369. The minimum Gasteiger partial charge on any atom is -0.497 e. The molecule has 10 heteroatoms. The van der Waals surface area contributed by atoms with Gasteiger partial charge in [-0.3, -0.25) is 13.9 Å². The summed E-state index contributed by atoms with van der Waals surface area (Å²) in [5.74, 6) is 0.0416. The van der Waals surface area contributed by atoms with Crippen LogP contribution >= 0.6 is 0 Å². The first-order valence-electron chi connectivity index (χ1n) is 13.1. The highest BCUT2D eigenvalue weighted by Gasteiger charge is 2.34. The van der Waals surface area contributed by atoms with Gasteiger partial charge in [0.1, 0.15) is 24.1 Å². The highest BCUT2D eigenvalue weighted by molar-refractivity contribution is 7.92. The molecule has 0 saturated carbocycles. The third-order valence-corrected chi connectivity index (χ3v) is 8.21. The number of anilines is 1. The van der Waals surface area contributed by atoms with Gasteiger partial charge in [0.05, 0.1) is 24.3 Å². The number of hydrogen-bond acceptors (Lipinski definition) is 6. The van der Waals surface area contributed by atoms with Crippen LogP contribution in [0.1, 0.15) is 31.4 Å². The van der Waals surface area contributed by atoms with Crippen molar-refractivity contribution in [1.82, 2.24) is 10.2 Å². The fraction of sp³-hybridized carbons (Fsp3) is 0.333. The van der Waals surface area contributed by atoms with Gasteiger partial charge < -0.3 is 19.7 Å². The highest BCUT2D eigenvalue weighted by atomic mass is 32.2. The number of para-hydroxylation sites is 2. The number of hydrogen-bond donors (Lipinski definition) is 1. The van der Waals surface area contributed by atoms with Crippen molar-refractivity contribution in [2.75, 3.05) is 31.6 Å². The Bertz CT molecular complexity index is 1410. The molecule has 3 rings (SSSR count). The minimum atomic E-state index is -4.20. The molecule has 0 aliphatic carbocycles. The monoisotopic (exact) mass is 567 g/mol. The second-order valence-electron chi connectivity index (χ2n) is 9.14. The fourth-order valence-electron chi connectivity index (χ4n) is 4.35. The number of benzene rings is 3. The molecule has 0 bridgehead atoms. The van der Waals surface area contributed by atoms with Crippen LogP contribution in [0.15, 0.2) is 77.7 Å². The Morgan fingerprint density at radius 1 is 0.975 bits per heavy atom. The van der Waals surface area contributed by atoms with Gasteiger partial charge in [0.15, 0.2) is 0 Å². The van der Waals surface area contributed by atoms with Crippen molar-refractivity contribution in [3.05, 3.63) is 83.9 Å². The molecule has 3 aromatic carbocycles. The maximum Gasteiger partial charge on any atom is 0.264 e. The molecule has 0 unspecified atom stereocenters. The topological polar surface area (TPSA) is 105 Å². The van der Waals surface area contributed by atoms with Gasteiger partial charge in [0, 0.05) is 13.6 Å². The van der Waals surface area contributed by atoms with Crippen LogP contribution in [-0.2, 0) is 26.2 Å². The zero-order valence-corrected chi connectivity index (χ0v) is 24.4. The van der Waals surface area contributed by atoms with E-state index < -0.39 is 28.5 Å². The number of amides is 2. The molecule has 0 spiro atoms. The van der Waals surface area contributed by atoms with Gasteiger partial charge >= 0.3 is 0 Å². The van der Waals surface area contributed by atoms with E-state index in [1.165, 1.54) is 24.1 Å². The molecule has 214 valence electrons. The number of nitrogens with zero attached hydrogens (tertiary/aromatic N) is 2. The van der Waals surface area contributed by atoms with Crippen molar-refractivity contribution in [2.24, 2.45) is 0 Å². The van der Waals surface area contributed by atoms with E-state index >= 15 is 0 Å². The second-order valence-corrected chi connectivity index (χ2v) is 11.0. The molecule has 1 N–H and O–H groups in total. The molecular weight excluding hydrogens is 530 g/mol. The van der Waals surface area contributed by atoms with Crippen LogP contribution in [0, 0.1) is 6.92 Å². The number of rotatable bonds is 13. The molecule has 40 heavy (non-hydrogen) atoms. The van der Waals surface area contributed by atoms with E-state index in [1.54, 1.807) is 75.6 Å². The van der Waals surface area contributed by atoms with Gasteiger partial charge in [-0.1, -0.05) is 48.9 Å². The number of nitrogens with one attached hydrogen (secondary N) is 1. The van der Waals surface area contributed by atoms with Crippen molar-refractivity contribution in [2.45, 2.75) is 44.7 Å². The summed E-state index contributed by atoms with van der Waals surface area (Å²) in [6.07, 6.45) is 0.329. The van der Waals surface area contributed by atoms with Crippen LogP contribution in [0.2, 0.25) is 0 Å². The lowest BCUT2D eigenvalue weighted by Crippen LogP contribution is -2.51. The van der Waals surface area contributed by atoms with Gasteiger partial charge in [0.25, 0.3) is 10.0 Å². The van der Waals surface area contributed by atoms with Gasteiger partial charge in [0.2, 0.25) is 11.8 Å². The average molecular weight is 568 g/mol. The van der Waals surface area contributed by atoms with E-state index in [1.807, 2.05) is 13.0 Å². The van der Waals surface area contributed by atoms with E-state index in [9.17, 15) is 18.0 Å². The predicted octanol–water partition coefficient (Wildman–Crippen LogP) is 4.15. The molecule has 0 fully saturated rings. The average Bonchev–Trinajstić information content (AvgIpc) is 2.96. The number of carbonyl (C=O) groups is 2. The summed E-state index contributed by atoms with van der Waals surface area (Å²) < 4.78 is 40.2. The van der Waals surface area contributed by atoms with E-state index in [0.29, 0.717) is 24.5 Å².